The summed E-state index contributed by atoms with van der Waals surface area (Å²) in [4.78, 5) is 18.7. The van der Waals surface area contributed by atoms with Crippen molar-refractivity contribution in [2.75, 3.05) is 26.7 Å². The monoisotopic (exact) mass is 393 g/mol. The molecular formula is C19H28ClN5O2. The van der Waals surface area contributed by atoms with Crippen LogP contribution in [-0.4, -0.2) is 47.6 Å². The van der Waals surface area contributed by atoms with Crippen molar-refractivity contribution in [1.29, 1.82) is 0 Å². The number of hydrogen-bond donors (Lipinski definition) is 2. The van der Waals surface area contributed by atoms with Crippen LogP contribution in [0.2, 0.25) is 0 Å². The van der Waals surface area contributed by atoms with Gasteiger partial charge in [-0.25, -0.2) is 0 Å². The molecule has 1 fully saturated rings. The number of carbonyl (C=O) groups excluding carboxylic acids is 1. The molecule has 1 atom stereocenters. The Morgan fingerprint density at radius 1 is 1.33 bits per heavy atom. The van der Waals surface area contributed by atoms with E-state index in [1.54, 1.807) is 0 Å². The summed E-state index contributed by atoms with van der Waals surface area (Å²) in [6, 6.07) is 7.96. The van der Waals surface area contributed by atoms with E-state index in [0.717, 1.165) is 30.8 Å². The summed E-state index contributed by atoms with van der Waals surface area (Å²) in [5, 5.41) is 10.5. The van der Waals surface area contributed by atoms with Gasteiger partial charge in [0.2, 0.25) is 5.91 Å². The Morgan fingerprint density at radius 2 is 2.04 bits per heavy atom. The summed E-state index contributed by atoms with van der Waals surface area (Å²) in [5.41, 5.74) is 1.52. The molecule has 0 spiro atoms. The molecule has 1 aromatic heterocycles. The summed E-state index contributed by atoms with van der Waals surface area (Å²) < 4.78 is 5.45. The number of hydrogen-bond acceptors (Lipinski definition) is 6. The molecule has 0 radical (unpaired) electrons. The maximum absolute atomic E-state index is 12.0. The van der Waals surface area contributed by atoms with Gasteiger partial charge in [0.05, 0.1) is 6.04 Å². The summed E-state index contributed by atoms with van der Waals surface area (Å²) in [7, 11) is 2.07. The number of benzene rings is 1. The second kappa shape index (κ2) is 8.82. The number of nitrogens with zero attached hydrogens (tertiary/aromatic N) is 3. The van der Waals surface area contributed by atoms with Gasteiger partial charge in [-0.05, 0) is 24.7 Å². The van der Waals surface area contributed by atoms with E-state index in [4.69, 9.17) is 4.52 Å². The SMILES string of the molecule is CN1CCNCC1c1noc(-c2ccc(CNC(=O)C(C)(C)C)cc2)n1.Cl. The summed E-state index contributed by atoms with van der Waals surface area (Å²) in [6.45, 7) is 8.97. The third-order valence-corrected chi connectivity index (χ3v) is 4.59. The number of likely N-dealkylation sites (N-methyl/N-ethyl adjacent to an activating group) is 1. The number of rotatable bonds is 4. The fourth-order valence-electron chi connectivity index (χ4n) is 2.79. The lowest BCUT2D eigenvalue weighted by atomic mass is 9.95. The van der Waals surface area contributed by atoms with Gasteiger partial charge in [0.15, 0.2) is 5.82 Å². The van der Waals surface area contributed by atoms with Crippen molar-refractivity contribution in [2.24, 2.45) is 5.41 Å². The molecular weight excluding hydrogens is 366 g/mol. The van der Waals surface area contributed by atoms with Crippen LogP contribution in [-0.2, 0) is 11.3 Å². The van der Waals surface area contributed by atoms with Crippen LogP contribution in [0.5, 0.6) is 0 Å². The third kappa shape index (κ3) is 5.28. The fourth-order valence-corrected chi connectivity index (χ4v) is 2.79. The second-order valence-corrected chi connectivity index (χ2v) is 7.79. The van der Waals surface area contributed by atoms with Crippen LogP contribution in [0.1, 0.15) is 38.2 Å². The molecule has 1 saturated heterocycles. The number of piperazine rings is 1. The van der Waals surface area contributed by atoms with Crippen molar-refractivity contribution >= 4 is 18.3 Å². The summed E-state index contributed by atoms with van der Waals surface area (Å²) in [5.74, 6) is 1.26. The minimum absolute atomic E-state index is 0. The molecule has 7 nitrogen and oxygen atoms in total. The Labute approximate surface area is 166 Å². The highest BCUT2D eigenvalue weighted by molar-refractivity contribution is 5.85. The van der Waals surface area contributed by atoms with Gasteiger partial charge in [-0.3, -0.25) is 9.69 Å². The van der Waals surface area contributed by atoms with E-state index in [-0.39, 0.29) is 29.8 Å². The van der Waals surface area contributed by atoms with Crippen LogP contribution < -0.4 is 10.6 Å². The first-order valence-electron chi connectivity index (χ1n) is 8.97. The van der Waals surface area contributed by atoms with Crippen molar-refractivity contribution in [3.8, 4) is 11.5 Å². The molecule has 8 heteroatoms. The first-order valence-corrected chi connectivity index (χ1v) is 8.97. The van der Waals surface area contributed by atoms with Crippen molar-refractivity contribution in [2.45, 2.75) is 33.4 Å². The zero-order valence-corrected chi connectivity index (χ0v) is 17.1. The van der Waals surface area contributed by atoms with Gasteiger partial charge >= 0.3 is 0 Å². The van der Waals surface area contributed by atoms with Crippen LogP contribution >= 0.6 is 12.4 Å². The first kappa shape index (κ1) is 21.3. The Bertz CT molecular complexity index is 754. The molecule has 0 aliphatic carbocycles. The maximum Gasteiger partial charge on any atom is 0.257 e. The Kier molecular flexibility index (Phi) is 6.97. The predicted molar refractivity (Wildman–Crippen MR) is 107 cm³/mol. The van der Waals surface area contributed by atoms with Gasteiger partial charge in [0, 0.05) is 37.2 Å². The number of nitrogens with one attached hydrogen (secondary N) is 2. The average Bonchev–Trinajstić information content (AvgIpc) is 3.09. The predicted octanol–water partition coefficient (Wildman–Crippen LogP) is 2.40. The summed E-state index contributed by atoms with van der Waals surface area (Å²) >= 11 is 0. The van der Waals surface area contributed by atoms with Crippen molar-refractivity contribution < 1.29 is 9.32 Å². The van der Waals surface area contributed by atoms with Gasteiger partial charge in [-0.1, -0.05) is 38.1 Å². The minimum atomic E-state index is -0.388. The molecule has 1 amide bonds. The highest BCUT2D eigenvalue weighted by atomic mass is 35.5. The minimum Gasteiger partial charge on any atom is -0.352 e. The van der Waals surface area contributed by atoms with E-state index >= 15 is 0 Å². The highest BCUT2D eigenvalue weighted by Gasteiger charge is 2.25. The lowest BCUT2D eigenvalue weighted by Crippen LogP contribution is -2.44. The van der Waals surface area contributed by atoms with Crippen LogP contribution in [0, 0.1) is 5.41 Å². The molecule has 27 heavy (non-hydrogen) atoms. The molecule has 2 aromatic rings. The smallest absolute Gasteiger partial charge is 0.257 e. The van der Waals surface area contributed by atoms with Crippen LogP contribution in [0.25, 0.3) is 11.5 Å². The Morgan fingerprint density at radius 3 is 2.67 bits per heavy atom. The van der Waals surface area contributed by atoms with E-state index in [0.29, 0.717) is 18.3 Å². The van der Waals surface area contributed by atoms with E-state index in [1.165, 1.54) is 0 Å². The Balaban J connectivity index is 0.00000261. The number of halogens is 1. The van der Waals surface area contributed by atoms with Gasteiger partial charge in [-0.15, -0.1) is 12.4 Å². The normalized spacial score (nSPS) is 18.0. The second-order valence-electron chi connectivity index (χ2n) is 7.79. The van der Waals surface area contributed by atoms with Gasteiger partial charge in [-0.2, -0.15) is 4.98 Å². The largest absolute Gasteiger partial charge is 0.352 e. The molecule has 2 N–H and O–H groups in total. The zero-order valence-electron chi connectivity index (χ0n) is 16.3. The number of amides is 1. The van der Waals surface area contributed by atoms with Gasteiger partial charge < -0.3 is 15.2 Å². The van der Waals surface area contributed by atoms with E-state index in [2.05, 4.69) is 32.7 Å². The zero-order chi connectivity index (χ0) is 18.7. The molecule has 0 saturated carbocycles. The lowest BCUT2D eigenvalue weighted by Gasteiger charge is -2.30. The Hall–Kier alpha value is -1.96. The molecule has 2 heterocycles. The molecule has 148 valence electrons. The van der Waals surface area contributed by atoms with Gasteiger partial charge in [0.25, 0.3) is 5.89 Å². The van der Waals surface area contributed by atoms with E-state index in [1.807, 2.05) is 45.0 Å². The molecule has 1 aromatic carbocycles. The molecule has 3 rings (SSSR count). The van der Waals surface area contributed by atoms with Crippen LogP contribution in [0.15, 0.2) is 28.8 Å². The first-order chi connectivity index (χ1) is 12.3. The number of carbonyl (C=O) groups is 1. The lowest BCUT2D eigenvalue weighted by molar-refractivity contribution is -0.128. The summed E-state index contributed by atoms with van der Waals surface area (Å²) in [6.07, 6.45) is 0. The molecule has 0 bridgehead atoms. The quantitative estimate of drug-likeness (QED) is 0.829. The highest BCUT2D eigenvalue weighted by Crippen LogP contribution is 2.23. The fraction of sp³-hybridized carbons (Fsp3) is 0.526. The van der Waals surface area contributed by atoms with Crippen LogP contribution in [0.3, 0.4) is 0 Å². The van der Waals surface area contributed by atoms with Crippen LogP contribution in [0.4, 0.5) is 0 Å². The molecule has 1 aliphatic rings. The third-order valence-electron chi connectivity index (χ3n) is 4.59. The van der Waals surface area contributed by atoms with Crippen molar-refractivity contribution in [3.63, 3.8) is 0 Å². The standard InChI is InChI=1S/C19H27N5O2.ClH/c1-19(2,3)18(25)21-11-13-5-7-14(8-6-13)17-22-16(23-26-17)15-12-20-9-10-24(15)4;/h5-8,15,20H,9-12H2,1-4H3,(H,21,25);1H. The topological polar surface area (TPSA) is 83.3 Å². The van der Waals surface area contributed by atoms with E-state index < -0.39 is 0 Å². The molecule has 1 aliphatic heterocycles. The maximum atomic E-state index is 12.0. The molecule has 1 unspecified atom stereocenters. The van der Waals surface area contributed by atoms with Crippen molar-refractivity contribution in [3.05, 3.63) is 35.7 Å². The van der Waals surface area contributed by atoms with E-state index in [9.17, 15) is 4.79 Å². The number of aromatic nitrogens is 2. The van der Waals surface area contributed by atoms with Gasteiger partial charge in [0.1, 0.15) is 0 Å². The van der Waals surface area contributed by atoms with Crippen molar-refractivity contribution in [1.82, 2.24) is 25.7 Å². The average molecular weight is 394 g/mol.